The maximum Gasteiger partial charge on any atom is 0.166 e. The summed E-state index contributed by atoms with van der Waals surface area (Å²) in [6, 6.07) is 11.1. The molecule has 1 aromatic carbocycles. The average Bonchev–Trinajstić information content (AvgIpc) is 2.29. The fourth-order valence-corrected chi connectivity index (χ4v) is 2.39. The normalized spacial score (nSPS) is 24.7. The second-order valence-corrected chi connectivity index (χ2v) is 4.84. The molecule has 2 N–H and O–H groups in total. The molecule has 2 atom stereocenters. The summed E-state index contributed by atoms with van der Waals surface area (Å²) in [5.74, 6) is 0.659. The van der Waals surface area contributed by atoms with Gasteiger partial charge in [-0.2, -0.15) is 0 Å². The molecule has 2 nitrogen and oxygen atoms in total. The Morgan fingerprint density at radius 1 is 1.31 bits per heavy atom. The molecule has 0 radical (unpaired) electrons. The lowest BCUT2D eigenvalue weighted by Gasteiger charge is -2.32. The van der Waals surface area contributed by atoms with Gasteiger partial charge in [-0.25, -0.2) is 0 Å². The molecule has 16 heavy (non-hydrogen) atoms. The van der Waals surface area contributed by atoms with Gasteiger partial charge in [0.05, 0.1) is 0 Å². The molecule has 1 aliphatic heterocycles. The topological polar surface area (TPSA) is 24.1 Å². The van der Waals surface area contributed by atoms with Crippen molar-refractivity contribution < 1.29 is 0 Å². The Labute approximate surface area is 102 Å². The van der Waals surface area contributed by atoms with Crippen LogP contribution in [0.15, 0.2) is 30.3 Å². The number of rotatable bonds is 3. The van der Waals surface area contributed by atoms with Gasteiger partial charge in [-0.3, -0.25) is 0 Å². The number of hydrogen-bond acceptors (Lipinski definition) is 1. The lowest BCUT2D eigenvalue weighted by atomic mass is 9.92. The van der Waals surface area contributed by atoms with E-state index in [4.69, 9.17) is 12.2 Å². The van der Waals surface area contributed by atoms with Crippen molar-refractivity contribution in [3.05, 3.63) is 35.9 Å². The van der Waals surface area contributed by atoms with Crippen LogP contribution in [0, 0.1) is 5.92 Å². The quantitative estimate of drug-likeness (QED) is 0.783. The van der Waals surface area contributed by atoms with Gasteiger partial charge >= 0.3 is 0 Å². The molecular weight excluding hydrogens is 216 g/mol. The highest BCUT2D eigenvalue weighted by Crippen LogP contribution is 2.15. The Hall–Kier alpha value is -1.09. The third-order valence-electron chi connectivity index (χ3n) is 3.24. The molecule has 1 heterocycles. The molecule has 0 aliphatic carbocycles. The van der Waals surface area contributed by atoms with Crippen molar-refractivity contribution in [3.63, 3.8) is 0 Å². The van der Waals surface area contributed by atoms with E-state index in [9.17, 15) is 0 Å². The van der Waals surface area contributed by atoms with Gasteiger partial charge in [-0.15, -0.1) is 0 Å². The molecule has 1 aliphatic rings. The summed E-state index contributed by atoms with van der Waals surface area (Å²) in [4.78, 5) is 0. The molecule has 86 valence electrons. The minimum Gasteiger partial charge on any atom is -0.362 e. The second-order valence-electron chi connectivity index (χ2n) is 4.43. The van der Waals surface area contributed by atoms with Gasteiger partial charge in [0.15, 0.2) is 5.11 Å². The summed E-state index contributed by atoms with van der Waals surface area (Å²) in [7, 11) is 0. The molecule has 2 rings (SSSR count). The van der Waals surface area contributed by atoms with E-state index in [1.807, 2.05) is 0 Å². The molecule has 1 saturated heterocycles. The van der Waals surface area contributed by atoms with E-state index in [0.29, 0.717) is 12.0 Å². The van der Waals surface area contributed by atoms with Crippen molar-refractivity contribution in [1.29, 1.82) is 0 Å². The first kappa shape index (κ1) is 11.4. The molecule has 1 aromatic rings. The highest BCUT2D eigenvalue weighted by molar-refractivity contribution is 7.80. The fourth-order valence-electron chi connectivity index (χ4n) is 2.13. The van der Waals surface area contributed by atoms with E-state index < -0.39 is 0 Å². The van der Waals surface area contributed by atoms with Crippen LogP contribution in [0.2, 0.25) is 0 Å². The molecule has 0 unspecified atom stereocenters. The molecule has 1 fully saturated rings. The lowest BCUT2D eigenvalue weighted by Crippen LogP contribution is -2.53. The number of benzene rings is 1. The predicted molar refractivity (Wildman–Crippen MR) is 71.5 cm³/mol. The van der Waals surface area contributed by atoms with Crippen LogP contribution in [-0.2, 0) is 6.42 Å². The minimum atomic E-state index is 0.484. The van der Waals surface area contributed by atoms with Crippen LogP contribution in [0.4, 0.5) is 0 Å². The first-order valence-electron chi connectivity index (χ1n) is 5.84. The average molecular weight is 234 g/mol. The molecule has 0 bridgehead atoms. The third kappa shape index (κ3) is 2.95. The zero-order valence-corrected chi connectivity index (χ0v) is 10.4. The molecule has 3 heteroatoms. The summed E-state index contributed by atoms with van der Waals surface area (Å²) in [6.45, 7) is 3.21. The first-order chi connectivity index (χ1) is 7.75. The van der Waals surface area contributed by atoms with Crippen molar-refractivity contribution in [2.45, 2.75) is 25.8 Å². The van der Waals surface area contributed by atoms with Crippen molar-refractivity contribution in [2.75, 3.05) is 6.54 Å². The maximum atomic E-state index is 5.09. The highest BCUT2D eigenvalue weighted by Gasteiger charge is 2.22. The number of aryl methyl sites for hydroxylation is 1. The van der Waals surface area contributed by atoms with Gasteiger partial charge in [0, 0.05) is 12.6 Å². The zero-order valence-electron chi connectivity index (χ0n) is 9.57. The molecule has 0 amide bonds. The summed E-state index contributed by atoms with van der Waals surface area (Å²) < 4.78 is 0. The van der Waals surface area contributed by atoms with Crippen LogP contribution in [-0.4, -0.2) is 17.7 Å². The molecular formula is C13H18N2S. The van der Waals surface area contributed by atoms with E-state index in [1.165, 1.54) is 12.0 Å². The van der Waals surface area contributed by atoms with Gasteiger partial charge in [0.25, 0.3) is 0 Å². The SMILES string of the molecule is C[C@H]1NC(=S)NC[C@H]1CCc1ccccc1. The van der Waals surface area contributed by atoms with Crippen LogP contribution in [0.3, 0.4) is 0 Å². The van der Waals surface area contributed by atoms with E-state index >= 15 is 0 Å². The Morgan fingerprint density at radius 3 is 2.75 bits per heavy atom. The van der Waals surface area contributed by atoms with Gasteiger partial charge in [-0.05, 0) is 43.5 Å². The van der Waals surface area contributed by atoms with E-state index in [1.54, 1.807) is 0 Å². The Bertz CT molecular complexity index is 350. The Balaban J connectivity index is 1.84. The predicted octanol–water partition coefficient (Wildman–Crippen LogP) is 2.10. The smallest absolute Gasteiger partial charge is 0.166 e. The maximum absolute atomic E-state index is 5.09. The summed E-state index contributed by atoms with van der Waals surface area (Å²) in [5.41, 5.74) is 1.42. The first-order valence-corrected chi connectivity index (χ1v) is 6.25. The number of thiocarbonyl (C=S) groups is 1. The van der Waals surface area contributed by atoms with E-state index in [-0.39, 0.29) is 0 Å². The monoisotopic (exact) mass is 234 g/mol. The molecule has 0 aromatic heterocycles. The molecule has 0 saturated carbocycles. The van der Waals surface area contributed by atoms with Gasteiger partial charge in [-0.1, -0.05) is 30.3 Å². The lowest BCUT2D eigenvalue weighted by molar-refractivity contribution is 0.359. The van der Waals surface area contributed by atoms with Crippen LogP contribution < -0.4 is 10.6 Å². The fraction of sp³-hybridized carbons (Fsp3) is 0.462. The van der Waals surface area contributed by atoms with Crippen LogP contribution >= 0.6 is 12.2 Å². The van der Waals surface area contributed by atoms with Gasteiger partial charge in [0.1, 0.15) is 0 Å². The standard InChI is InChI=1S/C13H18N2S/c1-10-12(9-14-13(16)15-10)8-7-11-5-3-2-4-6-11/h2-6,10,12H,7-9H2,1H3,(H2,14,15,16)/t10-,12-/m1/s1. The van der Waals surface area contributed by atoms with Crippen molar-refractivity contribution in [2.24, 2.45) is 5.92 Å². The van der Waals surface area contributed by atoms with Gasteiger partial charge < -0.3 is 10.6 Å². The van der Waals surface area contributed by atoms with E-state index in [2.05, 4.69) is 47.9 Å². The summed E-state index contributed by atoms with van der Waals surface area (Å²) >= 11 is 5.09. The number of nitrogens with one attached hydrogen (secondary N) is 2. The van der Waals surface area contributed by atoms with Crippen molar-refractivity contribution in [1.82, 2.24) is 10.6 Å². The minimum absolute atomic E-state index is 0.484. The van der Waals surface area contributed by atoms with Crippen LogP contribution in [0.5, 0.6) is 0 Å². The van der Waals surface area contributed by atoms with E-state index in [0.717, 1.165) is 18.1 Å². The molecule has 0 spiro atoms. The number of hydrogen-bond donors (Lipinski definition) is 2. The third-order valence-corrected chi connectivity index (χ3v) is 3.50. The van der Waals surface area contributed by atoms with Crippen molar-refractivity contribution in [3.8, 4) is 0 Å². The largest absolute Gasteiger partial charge is 0.362 e. The highest BCUT2D eigenvalue weighted by atomic mass is 32.1. The van der Waals surface area contributed by atoms with Crippen LogP contribution in [0.1, 0.15) is 18.9 Å². The van der Waals surface area contributed by atoms with Crippen LogP contribution in [0.25, 0.3) is 0 Å². The Kier molecular flexibility index (Phi) is 3.78. The second kappa shape index (κ2) is 5.30. The summed E-state index contributed by atoms with van der Waals surface area (Å²) in [5, 5.41) is 7.30. The van der Waals surface area contributed by atoms with Gasteiger partial charge in [0.2, 0.25) is 0 Å². The van der Waals surface area contributed by atoms with Crippen molar-refractivity contribution >= 4 is 17.3 Å². The zero-order chi connectivity index (χ0) is 11.4. The Morgan fingerprint density at radius 2 is 2.06 bits per heavy atom. The summed E-state index contributed by atoms with van der Waals surface area (Å²) in [6.07, 6.45) is 2.35.